The maximum atomic E-state index is 11.0. The molecule has 1 aliphatic carbocycles. The Morgan fingerprint density at radius 3 is 2.62 bits per heavy atom. The zero-order chi connectivity index (χ0) is 14.8. The Kier molecular flexibility index (Phi) is 3.57. The fourth-order valence-corrected chi connectivity index (χ4v) is 1.88. The molecule has 1 heterocycles. The van der Waals surface area contributed by atoms with Crippen LogP contribution in [0.2, 0.25) is 5.02 Å². The van der Waals surface area contributed by atoms with Gasteiger partial charge in [-0.15, -0.1) is 0 Å². The molecular formula is C13H12ClN5O2. The number of nitrogens with one attached hydrogen (secondary N) is 2. The number of hydrogen-bond acceptors (Lipinski definition) is 6. The quantitative estimate of drug-likeness (QED) is 0.650. The van der Waals surface area contributed by atoms with E-state index in [0.717, 1.165) is 18.5 Å². The van der Waals surface area contributed by atoms with E-state index in [4.69, 9.17) is 11.6 Å². The van der Waals surface area contributed by atoms with Gasteiger partial charge in [-0.3, -0.25) is 10.1 Å². The van der Waals surface area contributed by atoms with Crippen LogP contribution < -0.4 is 10.6 Å². The molecule has 1 aliphatic rings. The van der Waals surface area contributed by atoms with Crippen LogP contribution in [-0.4, -0.2) is 20.9 Å². The highest BCUT2D eigenvalue weighted by Crippen LogP contribution is 2.30. The van der Waals surface area contributed by atoms with Crippen molar-refractivity contribution in [3.8, 4) is 0 Å². The van der Waals surface area contributed by atoms with Crippen LogP contribution >= 0.6 is 11.6 Å². The highest BCUT2D eigenvalue weighted by atomic mass is 35.5. The number of halogens is 1. The molecule has 0 amide bonds. The van der Waals surface area contributed by atoms with Crippen molar-refractivity contribution in [1.29, 1.82) is 0 Å². The molecule has 0 saturated heterocycles. The van der Waals surface area contributed by atoms with Gasteiger partial charge in [-0.25, -0.2) is 4.98 Å². The maximum Gasteiger partial charge on any atom is 0.329 e. The standard InChI is InChI=1S/C13H12ClN5O2/c14-8-1-3-10(4-2-8)17-13-15-7-11(19(20)21)12(18-13)16-9-5-6-9/h1-4,7,9H,5-6H2,(H2,15,16,17,18). The average Bonchev–Trinajstić information content (AvgIpc) is 3.25. The number of aromatic nitrogens is 2. The number of benzene rings is 1. The molecule has 1 saturated carbocycles. The van der Waals surface area contributed by atoms with E-state index in [1.54, 1.807) is 24.3 Å². The first-order valence-electron chi connectivity index (χ1n) is 6.42. The molecule has 2 aromatic rings. The number of nitrogens with zero attached hydrogens (tertiary/aromatic N) is 3. The lowest BCUT2D eigenvalue weighted by atomic mass is 10.3. The van der Waals surface area contributed by atoms with Crippen molar-refractivity contribution in [2.45, 2.75) is 18.9 Å². The molecule has 7 nitrogen and oxygen atoms in total. The van der Waals surface area contributed by atoms with Crippen LogP contribution in [0, 0.1) is 10.1 Å². The summed E-state index contributed by atoms with van der Waals surface area (Å²) < 4.78 is 0. The first-order valence-corrected chi connectivity index (χ1v) is 6.80. The number of anilines is 3. The molecule has 108 valence electrons. The van der Waals surface area contributed by atoms with E-state index in [2.05, 4.69) is 20.6 Å². The monoisotopic (exact) mass is 305 g/mol. The first kappa shape index (κ1) is 13.6. The zero-order valence-electron chi connectivity index (χ0n) is 10.9. The second kappa shape index (κ2) is 5.53. The molecule has 0 unspecified atom stereocenters. The fourth-order valence-electron chi connectivity index (χ4n) is 1.76. The van der Waals surface area contributed by atoms with Crippen molar-refractivity contribution in [2.75, 3.05) is 10.6 Å². The van der Waals surface area contributed by atoms with Gasteiger partial charge >= 0.3 is 5.69 Å². The van der Waals surface area contributed by atoms with Crippen LogP contribution in [0.5, 0.6) is 0 Å². The Morgan fingerprint density at radius 1 is 1.29 bits per heavy atom. The molecule has 0 bridgehead atoms. The third-order valence-corrected chi connectivity index (χ3v) is 3.24. The van der Waals surface area contributed by atoms with Gasteiger partial charge in [0, 0.05) is 16.8 Å². The molecule has 0 aliphatic heterocycles. The van der Waals surface area contributed by atoms with E-state index >= 15 is 0 Å². The summed E-state index contributed by atoms with van der Waals surface area (Å²) in [5.41, 5.74) is 0.634. The Morgan fingerprint density at radius 2 is 2.00 bits per heavy atom. The molecule has 8 heteroatoms. The minimum absolute atomic E-state index is 0.122. The average molecular weight is 306 g/mol. The normalized spacial score (nSPS) is 13.8. The van der Waals surface area contributed by atoms with E-state index in [1.807, 2.05) is 0 Å². The topological polar surface area (TPSA) is 93.0 Å². The zero-order valence-corrected chi connectivity index (χ0v) is 11.7. The van der Waals surface area contributed by atoms with Crippen LogP contribution in [0.25, 0.3) is 0 Å². The van der Waals surface area contributed by atoms with Crippen molar-refractivity contribution in [2.24, 2.45) is 0 Å². The molecule has 0 radical (unpaired) electrons. The molecule has 21 heavy (non-hydrogen) atoms. The molecular weight excluding hydrogens is 294 g/mol. The van der Waals surface area contributed by atoms with E-state index < -0.39 is 4.92 Å². The van der Waals surface area contributed by atoms with Gasteiger partial charge in [-0.2, -0.15) is 4.98 Å². The first-order chi connectivity index (χ1) is 10.1. The summed E-state index contributed by atoms with van der Waals surface area (Å²) in [6, 6.07) is 7.29. The second-order valence-corrected chi connectivity index (χ2v) is 5.17. The van der Waals surface area contributed by atoms with Crippen molar-refractivity contribution >= 4 is 34.7 Å². The van der Waals surface area contributed by atoms with Gasteiger partial charge in [-0.05, 0) is 37.1 Å². The number of nitro groups is 1. The van der Waals surface area contributed by atoms with Gasteiger partial charge in [-0.1, -0.05) is 11.6 Å². The maximum absolute atomic E-state index is 11.0. The third-order valence-electron chi connectivity index (χ3n) is 2.98. The lowest BCUT2D eigenvalue weighted by molar-refractivity contribution is -0.384. The predicted octanol–water partition coefficient (Wildman–Crippen LogP) is 3.36. The van der Waals surface area contributed by atoms with Crippen molar-refractivity contribution in [3.05, 3.63) is 45.6 Å². The van der Waals surface area contributed by atoms with Crippen molar-refractivity contribution < 1.29 is 4.92 Å². The van der Waals surface area contributed by atoms with Crippen LogP contribution in [-0.2, 0) is 0 Å². The van der Waals surface area contributed by atoms with Crippen LogP contribution in [0.3, 0.4) is 0 Å². The lowest BCUT2D eigenvalue weighted by Gasteiger charge is -2.08. The lowest BCUT2D eigenvalue weighted by Crippen LogP contribution is -2.08. The minimum atomic E-state index is -0.489. The summed E-state index contributed by atoms with van der Waals surface area (Å²) in [5, 5.41) is 17.6. The Hall–Kier alpha value is -2.41. The van der Waals surface area contributed by atoms with Crippen molar-refractivity contribution in [1.82, 2.24) is 9.97 Å². The molecule has 0 atom stereocenters. The van der Waals surface area contributed by atoms with Crippen molar-refractivity contribution in [3.63, 3.8) is 0 Å². The summed E-state index contributed by atoms with van der Waals surface area (Å²) in [5.74, 6) is 0.542. The minimum Gasteiger partial charge on any atom is -0.361 e. The highest BCUT2D eigenvalue weighted by Gasteiger charge is 2.26. The summed E-state index contributed by atoms with van der Waals surface area (Å²) in [6.45, 7) is 0. The highest BCUT2D eigenvalue weighted by molar-refractivity contribution is 6.30. The summed E-state index contributed by atoms with van der Waals surface area (Å²) >= 11 is 5.82. The van der Waals surface area contributed by atoms with Gasteiger partial charge in [0.05, 0.1) is 4.92 Å². The Labute approximate surface area is 125 Å². The Balaban J connectivity index is 1.84. The Bertz CT molecular complexity index is 673. The molecule has 2 N–H and O–H groups in total. The summed E-state index contributed by atoms with van der Waals surface area (Å²) in [4.78, 5) is 18.6. The van der Waals surface area contributed by atoms with E-state index in [9.17, 15) is 10.1 Å². The fraction of sp³-hybridized carbons (Fsp3) is 0.231. The largest absolute Gasteiger partial charge is 0.361 e. The van der Waals surface area contributed by atoms with E-state index in [0.29, 0.717) is 11.0 Å². The summed E-state index contributed by atoms with van der Waals surface area (Å²) in [6.07, 6.45) is 3.21. The van der Waals surface area contributed by atoms with Gasteiger partial charge < -0.3 is 10.6 Å². The number of rotatable bonds is 5. The molecule has 3 rings (SSSR count). The molecule has 0 spiro atoms. The van der Waals surface area contributed by atoms with Gasteiger partial charge in [0.1, 0.15) is 6.20 Å². The smallest absolute Gasteiger partial charge is 0.329 e. The van der Waals surface area contributed by atoms with Gasteiger partial charge in [0.15, 0.2) is 0 Å². The molecule has 1 aromatic heterocycles. The SMILES string of the molecule is O=[N+]([O-])c1cnc(Nc2ccc(Cl)cc2)nc1NC1CC1. The third kappa shape index (κ3) is 3.38. The van der Waals surface area contributed by atoms with Crippen LogP contribution in [0.15, 0.2) is 30.5 Å². The second-order valence-electron chi connectivity index (χ2n) is 4.74. The van der Waals surface area contributed by atoms with Crippen LogP contribution in [0.4, 0.5) is 23.1 Å². The molecule has 1 fully saturated rings. The van der Waals surface area contributed by atoms with Gasteiger partial charge in [0.2, 0.25) is 11.8 Å². The number of hydrogen-bond donors (Lipinski definition) is 2. The van der Waals surface area contributed by atoms with Crippen LogP contribution in [0.1, 0.15) is 12.8 Å². The predicted molar refractivity (Wildman–Crippen MR) is 80.1 cm³/mol. The molecule has 1 aromatic carbocycles. The summed E-state index contributed by atoms with van der Waals surface area (Å²) in [7, 11) is 0. The van der Waals surface area contributed by atoms with E-state index in [-0.39, 0.29) is 17.5 Å². The van der Waals surface area contributed by atoms with E-state index in [1.165, 1.54) is 6.20 Å². The van der Waals surface area contributed by atoms with Gasteiger partial charge in [0.25, 0.3) is 0 Å².